The van der Waals surface area contributed by atoms with Gasteiger partial charge in [0.15, 0.2) is 0 Å². The van der Waals surface area contributed by atoms with E-state index in [-0.39, 0.29) is 24.2 Å². The summed E-state index contributed by atoms with van der Waals surface area (Å²) in [6.07, 6.45) is 6.58. The molecule has 0 saturated heterocycles. The lowest BCUT2D eigenvalue weighted by molar-refractivity contribution is -0.125. The van der Waals surface area contributed by atoms with Crippen LogP contribution in [0.4, 0.5) is 0 Å². The number of carbonyl (C=O) groups is 1. The van der Waals surface area contributed by atoms with Gasteiger partial charge in [-0.15, -0.1) is 0 Å². The summed E-state index contributed by atoms with van der Waals surface area (Å²) < 4.78 is 6.28. The number of para-hydroxylation sites is 1. The van der Waals surface area contributed by atoms with Crippen LogP contribution < -0.4 is 10.1 Å². The normalized spacial score (nSPS) is 18.3. The van der Waals surface area contributed by atoms with Crippen LogP contribution in [0.5, 0.6) is 5.75 Å². The lowest BCUT2D eigenvalue weighted by Crippen LogP contribution is -2.45. The van der Waals surface area contributed by atoms with E-state index in [4.69, 9.17) is 9.84 Å². The number of carbonyl (C=O) groups excluding carboxylic acids is 1. The van der Waals surface area contributed by atoms with Crippen molar-refractivity contribution >= 4 is 5.78 Å². The maximum absolute atomic E-state index is 12.3. The first-order valence-electron chi connectivity index (χ1n) is 18.0. The second-order valence-electron chi connectivity index (χ2n) is 14.2. The summed E-state index contributed by atoms with van der Waals surface area (Å²) in [5.41, 5.74) is 7.32. The SMILES string of the molecule is Cc1ccc(C(C)CCCCCC(=O)CC[C@H](O)[C@@H](O)[C@H](O)[C@H](O)CO)cc1CNC1(c2cnccc2-c2ccccc2OC2CC2)CC1. The topological polar surface area (TPSA) is 152 Å². The Labute approximate surface area is 290 Å². The minimum absolute atomic E-state index is 0.00480. The molecule has 0 aliphatic heterocycles. The number of nitrogens with zero attached hydrogens (tertiary/aromatic N) is 1. The first kappa shape index (κ1) is 37.1. The molecule has 2 saturated carbocycles. The first-order valence-corrected chi connectivity index (χ1v) is 18.0. The molecule has 1 aromatic heterocycles. The van der Waals surface area contributed by atoms with Gasteiger partial charge in [-0.1, -0.05) is 56.2 Å². The van der Waals surface area contributed by atoms with Crippen molar-refractivity contribution in [3.05, 3.63) is 83.2 Å². The molecule has 9 nitrogen and oxygen atoms in total. The van der Waals surface area contributed by atoms with Gasteiger partial charge in [-0.25, -0.2) is 0 Å². The number of ketones is 1. The van der Waals surface area contributed by atoms with Gasteiger partial charge in [-0.3, -0.25) is 9.78 Å². The quantitative estimate of drug-likeness (QED) is 0.0836. The highest BCUT2D eigenvalue weighted by Crippen LogP contribution is 2.50. The summed E-state index contributed by atoms with van der Waals surface area (Å²) in [7, 11) is 0. The Morgan fingerprint density at radius 1 is 0.939 bits per heavy atom. The Kier molecular flexibility index (Phi) is 13.0. The Balaban J connectivity index is 1.09. The van der Waals surface area contributed by atoms with Crippen molar-refractivity contribution < 1.29 is 35.1 Å². The molecule has 2 fully saturated rings. The zero-order chi connectivity index (χ0) is 35.0. The molecule has 5 rings (SSSR count). The summed E-state index contributed by atoms with van der Waals surface area (Å²) in [6, 6.07) is 17.3. The number of nitrogens with one attached hydrogen (secondary N) is 1. The molecular formula is C40H54N2O7. The lowest BCUT2D eigenvalue weighted by Gasteiger charge is -2.25. The molecule has 0 radical (unpaired) electrons. The van der Waals surface area contributed by atoms with Gasteiger partial charge in [0.1, 0.15) is 29.8 Å². The summed E-state index contributed by atoms with van der Waals surface area (Å²) in [6.45, 7) is 4.47. The fourth-order valence-electron chi connectivity index (χ4n) is 6.57. The average Bonchev–Trinajstić information content (AvgIpc) is 4.07. The van der Waals surface area contributed by atoms with Crippen molar-refractivity contribution in [1.29, 1.82) is 0 Å². The first-order chi connectivity index (χ1) is 23.6. The highest BCUT2D eigenvalue weighted by Gasteiger charge is 2.46. The van der Waals surface area contributed by atoms with Crippen LogP contribution in [-0.2, 0) is 16.9 Å². The number of ether oxygens (including phenoxy) is 1. The standard InChI is InChI=1S/C40H54N2O7/c1-26(8-4-3-5-9-30(44)14-17-35(45)38(47)39(48)36(46)25-43)28-13-12-27(2)29(22-28)23-42-40(19-20-40)34-24-41-21-18-32(34)33-10-6-7-11-37(33)49-31-15-16-31/h6-7,10-13,18,21-22,24,26,31,35-36,38-39,42-43,45-48H,3-5,8-9,14-17,19-20,23,25H2,1-2H3/t26?,35-,36+,38+,39+/m0/s1. The predicted molar refractivity (Wildman–Crippen MR) is 189 cm³/mol. The average molecular weight is 675 g/mol. The van der Waals surface area contributed by atoms with E-state index in [9.17, 15) is 25.2 Å². The number of unbranched alkanes of at least 4 members (excludes halogenated alkanes) is 2. The highest BCUT2D eigenvalue weighted by molar-refractivity contribution is 5.78. The minimum atomic E-state index is -1.67. The highest BCUT2D eigenvalue weighted by atomic mass is 16.5. The van der Waals surface area contributed by atoms with E-state index in [1.807, 2.05) is 18.5 Å². The van der Waals surface area contributed by atoms with Crippen LogP contribution in [0.2, 0.25) is 0 Å². The van der Waals surface area contributed by atoms with Crippen molar-refractivity contribution in [2.24, 2.45) is 0 Å². The number of aliphatic hydroxyl groups excluding tert-OH is 5. The van der Waals surface area contributed by atoms with Gasteiger partial charge in [0.05, 0.1) is 18.8 Å². The molecule has 1 heterocycles. The van der Waals surface area contributed by atoms with Crippen LogP contribution in [-0.4, -0.2) is 73.4 Å². The number of rotatable bonds is 21. The molecular weight excluding hydrogens is 620 g/mol. The molecule has 6 N–H and O–H groups in total. The van der Waals surface area contributed by atoms with Crippen LogP contribution >= 0.6 is 0 Å². The van der Waals surface area contributed by atoms with Crippen LogP contribution in [0, 0.1) is 6.92 Å². The molecule has 1 unspecified atom stereocenters. The van der Waals surface area contributed by atoms with Gasteiger partial charge in [0, 0.05) is 42.9 Å². The van der Waals surface area contributed by atoms with Gasteiger partial charge >= 0.3 is 0 Å². The predicted octanol–water partition coefficient (Wildman–Crippen LogP) is 5.22. The van der Waals surface area contributed by atoms with Gasteiger partial charge in [-0.05, 0) is 97.7 Å². The fraction of sp³-hybridized carbons (Fsp3) is 0.550. The number of hydrogen-bond donors (Lipinski definition) is 6. The number of aromatic nitrogens is 1. The zero-order valence-electron chi connectivity index (χ0n) is 28.9. The van der Waals surface area contributed by atoms with Crippen molar-refractivity contribution in [3.63, 3.8) is 0 Å². The molecule has 2 aromatic carbocycles. The van der Waals surface area contributed by atoms with Crippen molar-refractivity contribution in [3.8, 4) is 16.9 Å². The van der Waals surface area contributed by atoms with E-state index >= 15 is 0 Å². The van der Waals surface area contributed by atoms with Crippen LogP contribution in [0.15, 0.2) is 60.9 Å². The molecule has 2 aliphatic carbocycles. The van der Waals surface area contributed by atoms with E-state index in [2.05, 4.69) is 66.6 Å². The summed E-state index contributed by atoms with van der Waals surface area (Å²) in [5.74, 6) is 1.33. The minimum Gasteiger partial charge on any atom is -0.490 e. The summed E-state index contributed by atoms with van der Waals surface area (Å²) >= 11 is 0. The molecule has 0 bridgehead atoms. The Morgan fingerprint density at radius 3 is 2.43 bits per heavy atom. The summed E-state index contributed by atoms with van der Waals surface area (Å²) in [4.78, 5) is 16.9. The number of benzene rings is 2. The molecule has 5 atom stereocenters. The van der Waals surface area contributed by atoms with Gasteiger partial charge in [-0.2, -0.15) is 0 Å². The third kappa shape index (κ3) is 9.96. The van der Waals surface area contributed by atoms with Gasteiger partial charge < -0.3 is 35.6 Å². The van der Waals surface area contributed by atoms with E-state index in [1.165, 1.54) is 27.8 Å². The zero-order valence-corrected chi connectivity index (χ0v) is 28.9. The van der Waals surface area contributed by atoms with Crippen LogP contribution in [0.3, 0.4) is 0 Å². The van der Waals surface area contributed by atoms with Crippen molar-refractivity contribution in [1.82, 2.24) is 10.3 Å². The molecule has 0 spiro atoms. The summed E-state index contributed by atoms with van der Waals surface area (Å²) in [5, 5.41) is 52.0. The third-order valence-corrected chi connectivity index (χ3v) is 10.3. The van der Waals surface area contributed by atoms with E-state index < -0.39 is 31.0 Å². The number of Topliss-reactive ketones (excluding diaryl/α,β-unsaturated/α-hetero) is 1. The number of hydrogen-bond acceptors (Lipinski definition) is 9. The molecule has 0 amide bonds. The molecule has 9 heteroatoms. The monoisotopic (exact) mass is 674 g/mol. The second kappa shape index (κ2) is 17.2. The van der Waals surface area contributed by atoms with Crippen LogP contribution in [0.1, 0.15) is 106 Å². The van der Waals surface area contributed by atoms with Crippen LogP contribution in [0.25, 0.3) is 11.1 Å². The van der Waals surface area contributed by atoms with E-state index in [0.29, 0.717) is 18.4 Å². The van der Waals surface area contributed by atoms with Gasteiger partial charge in [0.25, 0.3) is 0 Å². The third-order valence-electron chi connectivity index (χ3n) is 10.3. The Bertz CT molecular complexity index is 1520. The molecule has 2 aliphatic rings. The number of aryl methyl sites for hydroxylation is 1. The Hall–Kier alpha value is -3.18. The largest absolute Gasteiger partial charge is 0.490 e. The Morgan fingerprint density at radius 2 is 1.69 bits per heavy atom. The van der Waals surface area contributed by atoms with E-state index in [0.717, 1.165) is 69.2 Å². The van der Waals surface area contributed by atoms with E-state index in [1.54, 1.807) is 0 Å². The second-order valence-corrected chi connectivity index (χ2v) is 14.2. The number of pyridine rings is 1. The lowest BCUT2D eigenvalue weighted by atomic mass is 9.91. The van der Waals surface area contributed by atoms with Crippen molar-refractivity contribution in [2.45, 2.75) is 133 Å². The molecule has 266 valence electrons. The number of aliphatic hydroxyl groups is 5. The maximum atomic E-state index is 12.3. The molecule has 49 heavy (non-hydrogen) atoms. The van der Waals surface area contributed by atoms with Gasteiger partial charge in [0.2, 0.25) is 0 Å². The van der Waals surface area contributed by atoms with Crippen molar-refractivity contribution in [2.75, 3.05) is 6.61 Å². The molecule has 3 aromatic rings. The maximum Gasteiger partial charge on any atom is 0.133 e. The smallest absolute Gasteiger partial charge is 0.133 e. The fourth-order valence-corrected chi connectivity index (χ4v) is 6.57.